The number of carbonyl (C=O) groups is 1. The lowest BCUT2D eigenvalue weighted by molar-refractivity contribution is -0.112. The molecule has 1 amide bonds. The number of amides is 1. The van der Waals surface area contributed by atoms with Crippen molar-refractivity contribution in [3.8, 4) is 17.6 Å². The highest BCUT2D eigenvalue weighted by Crippen LogP contribution is 2.39. The van der Waals surface area contributed by atoms with Crippen molar-refractivity contribution in [2.75, 3.05) is 12.4 Å². The smallest absolute Gasteiger partial charge is 0.339 e. The highest BCUT2D eigenvalue weighted by Gasteiger charge is 2.22. The Morgan fingerprint density at radius 3 is 2.35 bits per heavy atom. The number of carbonyl (C=O) groups excluding carboxylic acids is 1. The standard InChI is InChI=1S/C23H15Cl3N2O5S/c1-32-21-11-14(9-15(13-27)23(29)28-18-4-2-3-17(25)12-18)10-20(26)22(21)33-34(30,31)19-7-5-16(24)6-8-19/h2-12H,1H3,(H,28,29)/b15-9+. The number of benzene rings is 3. The van der Waals surface area contributed by atoms with Gasteiger partial charge in [-0.2, -0.15) is 13.7 Å². The van der Waals surface area contributed by atoms with E-state index in [4.69, 9.17) is 43.7 Å². The third kappa shape index (κ3) is 6.22. The van der Waals surface area contributed by atoms with Crippen molar-refractivity contribution in [2.45, 2.75) is 4.90 Å². The quantitative estimate of drug-likeness (QED) is 0.226. The Labute approximate surface area is 211 Å². The normalized spacial score (nSPS) is 11.4. The van der Waals surface area contributed by atoms with Gasteiger partial charge in [0.2, 0.25) is 5.75 Å². The van der Waals surface area contributed by atoms with Gasteiger partial charge in [0.15, 0.2) is 5.75 Å². The molecule has 3 rings (SSSR count). The van der Waals surface area contributed by atoms with Gasteiger partial charge in [0.1, 0.15) is 16.5 Å². The van der Waals surface area contributed by atoms with Gasteiger partial charge in [-0.3, -0.25) is 4.79 Å². The molecule has 34 heavy (non-hydrogen) atoms. The first-order valence-electron chi connectivity index (χ1n) is 9.39. The first-order chi connectivity index (χ1) is 16.1. The topological polar surface area (TPSA) is 105 Å². The molecule has 0 radical (unpaired) electrons. The molecule has 0 aromatic heterocycles. The summed E-state index contributed by atoms with van der Waals surface area (Å²) in [6, 6.07) is 16.3. The first-order valence-corrected chi connectivity index (χ1v) is 11.9. The summed E-state index contributed by atoms with van der Waals surface area (Å²) in [6.07, 6.45) is 1.27. The van der Waals surface area contributed by atoms with Gasteiger partial charge in [-0.15, -0.1) is 0 Å². The zero-order valence-electron chi connectivity index (χ0n) is 17.4. The van der Waals surface area contributed by atoms with Crippen LogP contribution in [0.4, 0.5) is 5.69 Å². The molecule has 0 saturated heterocycles. The predicted octanol–water partition coefficient (Wildman–Crippen LogP) is 5.97. The van der Waals surface area contributed by atoms with E-state index in [0.717, 1.165) is 0 Å². The van der Waals surface area contributed by atoms with Gasteiger partial charge >= 0.3 is 10.1 Å². The number of rotatable bonds is 7. The van der Waals surface area contributed by atoms with Crippen molar-refractivity contribution in [3.05, 3.63) is 86.9 Å². The van der Waals surface area contributed by atoms with Crippen LogP contribution in [0.3, 0.4) is 0 Å². The molecule has 0 heterocycles. The van der Waals surface area contributed by atoms with Crippen LogP contribution in [-0.2, 0) is 14.9 Å². The molecule has 0 saturated carbocycles. The van der Waals surface area contributed by atoms with E-state index < -0.39 is 16.0 Å². The van der Waals surface area contributed by atoms with E-state index in [1.165, 1.54) is 55.7 Å². The van der Waals surface area contributed by atoms with Crippen LogP contribution in [0.15, 0.2) is 71.1 Å². The summed E-state index contributed by atoms with van der Waals surface area (Å²) in [5, 5.41) is 12.7. The third-order valence-electron chi connectivity index (χ3n) is 4.31. The molecule has 0 bridgehead atoms. The molecular weight excluding hydrogens is 523 g/mol. The van der Waals surface area contributed by atoms with Crippen molar-refractivity contribution < 1.29 is 22.1 Å². The number of halogens is 3. The fourth-order valence-electron chi connectivity index (χ4n) is 2.74. The molecule has 3 aromatic rings. The zero-order valence-corrected chi connectivity index (χ0v) is 20.5. The Bertz CT molecular complexity index is 1420. The van der Waals surface area contributed by atoms with E-state index in [-0.39, 0.29) is 27.0 Å². The lowest BCUT2D eigenvalue weighted by atomic mass is 10.1. The first kappa shape index (κ1) is 25.4. The predicted molar refractivity (Wildman–Crippen MR) is 131 cm³/mol. The number of nitrogens with zero attached hydrogens (tertiary/aromatic N) is 1. The molecule has 174 valence electrons. The summed E-state index contributed by atoms with van der Waals surface area (Å²) in [7, 11) is -2.95. The highest BCUT2D eigenvalue weighted by atomic mass is 35.5. The average molecular weight is 538 g/mol. The Balaban J connectivity index is 1.91. The minimum absolute atomic E-state index is 0.0242. The van der Waals surface area contributed by atoms with Crippen LogP contribution >= 0.6 is 34.8 Å². The number of nitriles is 1. The van der Waals surface area contributed by atoms with Crippen LogP contribution in [0.2, 0.25) is 15.1 Å². The van der Waals surface area contributed by atoms with Crippen LogP contribution in [0.25, 0.3) is 6.08 Å². The maximum atomic E-state index is 12.6. The highest BCUT2D eigenvalue weighted by molar-refractivity contribution is 7.87. The van der Waals surface area contributed by atoms with Crippen molar-refractivity contribution >= 4 is 62.6 Å². The maximum absolute atomic E-state index is 12.6. The van der Waals surface area contributed by atoms with Crippen LogP contribution < -0.4 is 14.2 Å². The summed E-state index contributed by atoms with van der Waals surface area (Å²) >= 11 is 18.0. The zero-order chi connectivity index (χ0) is 24.9. The SMILES string of the molecule is COc1cc(/C=C(\C#N)C(=O)Nc2cccc(Cl)c2)cc(Cl)c1OS(=O)(=O)c1ccc(Cl)cc1. The molecule has 0 unspecified atom stereocenters. The largest absolute Gasteiger partial charge is 0.493 e. The molecule has 0 aliphatic carbocycles. The number of anilines is 1. The lowest BCUT2D eigenvalue weighted by Crippen LogP contribution is -2.13. The van der Waals surface area contributed by atoms with Crippen LogP contribution in [0, 0.1) is 11.3 Å². The number of nitrogens with one attached hydrogen (secondary N) is 1. The fraction of sp³-hybridized carbons (Fsp3) is 0.0435. The molecule has 11 heteroatoms. The number of hydrogen-bond donors (Lipinski definition) is 1. The second-order valence-corrected chi connectivity index (χ2v) is 9.49. The lowest BCUT2D eigenvalue weighted by Gasteiger charge is -2.13. The van der Waals surface area contributed by atoms with E-state index in [0.29, 0.717) is 21.3 Å². The van der Waals surface area contributed by atoms with Crippen molar-refractivity contribution in [2.24, 2.45) is 0 Å². The minimum atomic E-state index is -4.24. The number of methoxy groups -OCH3 is 1. The summed E-state index contributed by atoms with van der Waals surface area (Å²) in [5.41, 5.74) is 0.474. The molecule has 0 aliphatic heterocycles. The molecule has 0 atom stereocenters. The fourth-order valence-corrected chi connectivity index (χ4v) is 4.32. The molecule has 1 N–H and O–H groups in total. The average Bonchev–Trinajstić information content (AvgIpc) is 2.79. The van der Waals surface area contributed by atoms with Gasteiger partial charge in [0.25, 0.3) is 5.91 Å². The number of ether oxygens (including phenoxy) is 1. The Morgan fingerprint density at radius 2 is 1.74 bits per heavy atom. The van der Waals surface area contributed by atoms with Crippen LogP contribution in [-0.4, -0.2) is 21.4 Å². The van der Waals surface area contributed by atoms with E-state index >= 15 is 0 Å². The molecule has 0 aliphatic rings. The summed E-state index contributed by atoms with van der Waals surface area (Å²) in [5.74, 6) is -0.951. The van der Waals surface area contributed by atoms with Crippen molar-refractivity contribution in [1.82, 2.24) is 0 Å². The van der Waals surface area contributed by atoms with Gasteiger partial charge in [-0.1, -0.05) is 40.9 Å². The van der Waals surface area contributed by atoms with Gasteiger partial charge in [0, 0.05) is 15.7 Å². The Kier molecular flexibility index (Phi) is 8.07. The summed E-state index contributed by atoms with van der Waals surface area (Å²) in [4.78, 5) is 12.4. The second kappa shape index (κ2) is 10.8. The van der Waals surface area contributed by atoms with E-state index in [9.17, 15) is 18.5 Å². The van der Waals surface area contributed by atoms with E-state index in [1.54, 1.807) is 18.2 Å². The molecule has 3 aromatic carbocycles. The Morgan fingerprint density at radius 1 is 1.03 bits per heavy atom. The van der Waals surface area contributed by atoms with Crippen molar-refractivity contribution in [3.63, 3.8) is 0 Å². The second-order valence-electron chi connectivity index (χ2n) is 6.66. The van der Waals surface area contributed by atoms with Gasteiger partial charge < -0.3 is 14.2 Å². The summed E-state index contributed by atoms with van der Waals surface area (Å²) < 4.78 is 35.7. The van der Waals surface area contributed by atoms with Crippen molar-refractivity contribution in [1.29, 1.82) is 5.26 Å². The molecule has 7 nitrogen and oxygen atoms in total. The van der Waals surface area contributed by atoms with E-state index in [1.807, 2.05) is 6.07 Å². The van der Waals surface area contributed by atoms with Crippen LogP contribution in [0.5, 0.6) is 11.5 Å². The molecular formula is C23H15Cl3N2O5S. The van der Waals surface area contributed by atoms with Gasteiger partial charge in [-0.25, -0.2) is 0 Å². The Hall–Kier alpha value is -3.22. The molecule has 0 fully saturated rings. The van der Waals surface area contributed by atoms with Gasteiger partial charge in [0.05, 0.1) is 12.1 Å². The van der Waals surface area contributed by atoms with Crippen LogP contribution in [0.1, 0.15) is 5.56 Å². The number of hydrogen-bond acceptors (Lipinski definition) is 6. The minimum Gasteiger partial charge on any atom is -0.493 e. The van der Waals surface area contributed by atoms with Gasteiger partial charge in [-0.05, 0) is 66.2 Å². The molecule has 0 spiro atoms. The van der Waals surface area contributed by atoms with E-state index in [2.05, 4.69) is 5.32 Å². The third-order valence-corrected chi connectivity index (χ3v) is 6.31. The monoisotopic (exact) mass is 536 g/mol. The summed E-state index contributed by atoms with van der Waals surface area (Å²) in [6.45, 7) is 0. The maximum Gasteiger partial charge on any atom is 0.339 e.